The molecule has 0 saturated carbocycles. The summed E-state index contributed by atoms with van der Waals surface area (Å²) in [4.78, 5) is 36.0. The number of anilines is 2. The van der Waals surface area contributed by atoms with E-state index in [1.807, 2.05) is 31.2 Å². The predicted octanol–water partition coefficient (Wildman–Crippen LogP) is 3.12. The van der Waals surface area contributed by atoms with Gasteiger partial charge in [0, 0.05) is 28.1 Å². The maximum absolute atomic E-state index is 12.5. The van der Waals surface area contributed by atoms with Crippen LogP contribution in [0.4, 0.5) is 11.4 Å². The smallest absolute Gasteiger partial charge is 0.256 e. The molecule has 6 heteroatoms. The number of aryl methyl sites for hydroxylation is 1. The van der Waals surface area contributed by atoms with Crippen molar-refractivity contribution < 1.29 is 19.5 Å². The third-order valence-corrected chi connectivity index (χ3v) is 4.44. The summed E-state index contributed by atoms with van der Waals surface area (Å²) in [6.45, 7) is 2.01. The first-order chi connectivity index (χ1) is 14.0. The normalized spacial score (nSPS) is 10.2. The molecule has 2 N–H and O–H groups in total. The average Bonchev–Trinajstić information content (AvgIpc) is 2.74. The topological polar surface area (TPSA) is 98.3 Å². The number of nitrogens with one attached hydrogen (secondary N) is 2. The number of hydrogen-bond donors (Lipinski definition) is 2. The predicted molar refractivity (Wildman–Crippen MR) is 109 cm³/mol. The molecule has 0 saturated heterocycles. The molecule has 0 heterocycles. The highest BCUT2D eigenvalue weighted by Crippen LogP contribution is 2.18. The summed E-state index contributed by atoms with van der Waals surface area (Å²) in [5, 5.41) is 16.7. The number of rotatable bonds is 6. The number of amides is 2. The maximum atomic E-state index is 12.5. The third kappa shape index (κ3) is 4.68. The first-order valence-corrected chi connectivity index (χ1v) is 9.10. The summed E-state index contributed by atoms with van der Waals surface area (Å²) >= 11 is 0. The zero-order valence-corrected chi connectivity index (χ0v) is 15.8. The fourth-order valence-corrected chi connectivity index (χ4v) is 2.91. The van der Waals surface area contributed by atoms with Crippen LogP contribution in [0.25, 0.3) is 0 Å². The van der Waals surface area contributed by atoms with Gasteiger partial charge in [0.25, 0.3) is 11.8 Å². The van der Waals surface area contributed by atoms with Gasteiger partial charge in [0.05, 0.1) is 5.97 Å². The summed E-state index contributed by atoms with van der Waals surface area (Å²) in [5.41, 5.74) is 2.49. The van der Waals surface area contributed by atoms with Crippen molar-refractivity contribution in [2.45, 2.75) is 13.3 Å². The molecule has 2 amide bonds. The van der Waals surface area contributed by atoms with Crippen LogP contribution in [0.1, 0.15) is 43.6 Å². The van der Waals surface area contributed by atoms with Crippen LogP contribution in [0, 0.1) is 0 Å². The minimum atomic E-state index is -1.42. The highest BCUT2D eigenvalue weighted by molar-refractivity contribution is 6.10. The molecule has 0 aliphatic heterocycles. The van der Waals surface area contributed by atoms with E-state index >= 15 is 0 Å². The molecule has 0 aliphatic carbocycles. The third-order valence-electron chi connectivity index (χ3n) is 4.44. The molecule has 0 spiro atoms. The van der Waals surface area contributed by atoms with E-state index in [0.717, 1.165) is 17.7 Å². The van der Waals surface area contributed by atoms with Crippen molar-refractivity contribution in [2.24, 2.45) is 0 Å². The lowest BCUT2D eigenvalue weighted by Crippen LogP contribution is -2.26. The Bertz CT molecular complexity index is 1060. The van der Waals surface area contributed by atoms with E-state index in [9.17, 15) is 19.5 Å². The second-order valence-electron chi connectivity index (χ2n) is 6.33. The number of para-hydroxylation sites is 1. The Balaban J connectivity index is 1.71. The lowest BCUT2D eigenvalue weighted by molar-refractivity contribution is -0.255. The van der Waals surface area contributed by atoms with Gasteiger partial charge in [-0.2, -0.15) is 0 Å². The van der Waals surface area contributed by atoms with Crippen molar-refractivity contribution in [2.75, 3.05) is 10.6 Å². The van der Waals surface area contributed by atoms with Crippen molar-refractivity contribution in [1.29, 1.82) is 0 Å². The van der Waals surface area contributed by atoms with Gasteiger partial charge >= 0.3 is 0 Å². The molecule has 0 radical (unpaired) electrons. The van der Waals surface area contributed by atoms with E-state index < -0.39 is 11.9 Å². The van der Waals surface area contributed by atoms with E-state index in [2.05, 4.69) is 10.6 Å². The number of hydrogen-bond acceptors (Lipinski definition) is 4. The summed E-state index contributed by atoms with van der Waals surface area (Å²) < 4.78 is 0. The van der Waals surface area contributed by atoms with E-state index in [0.29, 0.717) is 11.3 Å². The average molecular weight is 387 g/mol. The van der Waals surface area contributed by atoms with Gasteiger partial charge in [0.1, 0.15) is 0 Å². The standard InChI is InChI=1S/C23H20N2O4/c1-2-15-7-3-6-10-20(15)25-21(26)16-11-13-17(14-12-16)24-22(27)18-8-4-5-9-19(18)23(28)29/h3-14H,2H2,1H3,(H,24,27)(H,25,26)(H,28,29)/p-1. The molecule has 0 fully saturated rings. The number of carbonyl (C=O) groups is 3. The van der Waals surface area contributed by atoms with Crippen molar-refractivity contribution in [3.63, 3.8) is 0 Å². The summed E-state index contributed by atoms with van der Waals surface area (Å²) in [6.07, 6.45) is 0.800. The fourth-order valence-electron chi connectivity index (χ4n) is 2.91. The molecule has 0 bridgehead atoms. The Morgan fingerprint density at radius 2 is 1.38 bits per heavy atom. The van der Waals surface area contributed by atoms with Crippen LogP contribution in [0.15, 0.2) is 72.8 Å². The SMILES string of the molecule is CCc1ccccc1NC(=O)c1ccc(NC(=O)c2ccccc2C(=O)[O-])cc1. The maximum Gasteiger partial charge on any atom is 0.256 e. The molecule has 29 heavy (non-hydrogen) atoms. The van der Waals surface area contributed by atoms with Crippen molar-refractivity contribution >= 4 is 29.2 Å². The zero-order valence-electron chi connectivity index (χ0n) is 15.8. The van der Waals surface area contributed by atoms with Crippen LogP contribution in [0.3, 0.4) is 0 Å². The molecular formula is C23H19N2O4-. The van der Waals surface area contributed by atoms with E-state index in [4.69, 9.17) is 0 Å². The number of carboxylic acid groups (broad SMARTS) is 1. The molecule has 0 aliphatic rings. The van der Waals surface area contributed by atoms with Crippen molar-refractivity contribution in [1.82, 2.24) is 0 Å². The highest BCUT2D eigenvalue weighted by Gasteiger charge is 2.13. The van der Waals surface area contributed by atoms with Crippen molar-refractivity contribution in [3.05, 3.63) is 95.1 Å². The number of benzene rings is 3. The second-order valence-corrected chi connectivity index (χ2v) is 6.33. The van der Waals surface area contributed by atoms with Gasteiger partial charge in [-0.15, -0.1) is 0 Å². The Hall–Kier alpha value is -3.93. The number of carboxylic acids is 1. The number of aromatic carboxylic acids is 1. The molecule has 3 aromatic carbocycles. The van der Waals surface area contributed by atoms with Crippen LogP contribution in [-0.2, 0) is 6.42 Å². The van der Waals surface area contributed by atoms with Gasteiger partial charge < -0.3 is 20.5 Å². The van der Waals surface area contributed by atoms with Gasteiger partial charge in [-0.3, -0.25) is 9.59 Å². The first kappa shape index (κ1) is 19.8. The summed E-state index contributed by atoms with van der Waals surface area (Å²) in [7, 11) is 0. The second kappa shape index (κ2) is 8.84. The quantitative estimate of drug-likeness (QED) is 0.679. The Morgan fingerprint density at radius 1 is 0.759 bits per heavy atom. The van der Waals surface area contributed by atoms with Crippen LogP contribution < -0.4 is 15.7 Å². The minimum absolute atomic E-state index is 0.00509. The molecular weight excluding hydrogens is 368 g/mol. The lowest BCUT2D eigenvalue weighted by Gasteiger charge is -2.12. The number of carbonyl (C=O) groups excluding carboxylic acids is 3. The highest BCUT2D eigenvalue weighted by atomic mass is 16.4. The Morgan fingerprint density at radius 3 is 2.03 bits per heavy atom. The molecule has 6 nitrogen and oxygen atoms in total. The van der Waals surface area contributed by atoms with Gasteiger partial charge in [0.2, 0.25) is 0 Å². The molecule has 0 atom stereocenters. The first-order valence-electron chi connectivity index (χ1n) is 9.10. The van der Waals surface area contributed by atoms with Gasteiger partial charge in [-0.05, 0) is 48.4 Å². The van der Waals surface area contributed by atoms with E-state index in [-0.39, 0.29) is 17.0 Å². The van der Waals surface area contributed by atoms with Gasteiger partial charge in [-0.1, -0.05) is 43.3 Å². The minimum Gasteiger partial charge on any atom is -0.545 e. The molecule has 3 aromatic rings. The lowest BCUT2D eigenvalue weighted by atomic mass is 10.1. The zero-order chi connectivity index (χ0) is 20.8. The van der Waals surface area contributed by atoms with Crippen LogP contribution in [0.2, 0.25) is 0 Å². The fraction of sp³-hybridized carbons (Fsp3) is 0.0870. The molecule has 0 unspecified atom stereocenters. The monoisotopic (exact) mass is 387 g/mol. The Kier molecular flexibility index (Phi) is 6.04. The van der Waals surface area contributed by atoms with E-state index in [1.165, 1.54) is 18.2 Å². The van der Waals surface area contributed by atoms with Crippen molar-refractivity contribution in [3.8, 4) is 0 Å². The Labute approximate surface area is 168 Å². The summed E-state index contributed by atoms with van der Waals surface area (Å²) in [6, 6.07) is 19.7. The molecule has 0 aromatic heterocycles. The molecule has 3 rings (SSSR count). The van der Waals surface area contributed by atoms with Gasteiger partial charge in [0.15, 0.2) is 0 Å². The van der Waals surface area contributed by atoms with Crippen LogP contribution >= 0.6 is 0 Å². The van der Waals surface area contributed by atoms with Crippen LogP contribution in [0.5, 0.6) is 0 Å². The van der Waals surface area contributed by atoms with Gasteiger partial charge in [-0.25, -0.2) is 0 Å². The van der Waals surface area contributed by atoms with E-state index in [1.54, 1.807) is 30.3 Å². The largest absolute Gasteiger partial charge is 0.545 e. The molecule has 146 valence electrons. The van der Waals surface area contributed by atoms with Crippen LogP contribution in [-0.4, -0.2) is 17.8 Å². The summed E-state index contributed by atoms with van der Waals surface area (Å²) in [5.74, 6) is -2.25.